The number of benzene rings is 2. The molecule has 1 heterocycles. The number of nitrogens with one attached hydrogen (secondary N) is 1. The number of hydrogen-bond acceptors (Lipinski definition) is 5. The van der Waals surface area contributed by atoms with Crippen molar-refractivity contribution in [3.8, 4) is 5.75 Å². The predicted octanol–water partition coefficient (Wildman–Crippen LogP) is 3.74. The van der Waals surface area contributed by atoms with Gasteiger partial charge in [-0.2, -0.15) is 0 Å². The standard InChI is InChI=1S/C24H30ClN3O4/c1-4-27(24(30)18(3)32-22-10-5-19(25)15-17(22)2)16-23(29)26-20-6-8-21(9-7-20)28-11-13-31-14-12-28/h5-10,15,18H,4,11-14,16H2,1-3H3,(H,26,29). The second-order valence-electron chi connectivity index (χ2n) is 7.72. The summed E-state index contributed by atoms with van der Waals surface area (Å²) in [6.07, 6.45) is -0.726. The summed E-state index contributed by atoms with van der Waals surface area (Å²) in [7, 11) is 0. The second kappa shape index (κ2) is 11.2. The van der Waals surface area contributed by atoms with E-state index < -0.39 is 6.10 Å². The summed E-state index contributed by atoms with van der Waals surface area (Å²) in [5.41, 5.74) is 2.63. The lowest BCUT2D eigenvalue weighted by atomic mass is 10.2. The lowest BCUT2D eigenvalue weighted by Crippen LogP contribution is -2.44. The van der Waals surface area contributed by atoms with Gasteiger partial charge in [0.2, 0.25) is 5.91 Å². The smallest absolute Gasteiger partial charge is 0.263 e. The third-order valence-electron chi connectivity index (χ3n) is 5.34. The number of likely N-dealkylation sites (N-methyl/N-ethyl adjacent to an activating group) is 1. The summed E-state index contributed by atoms with van der Waals surface area (Å²) < 4.78 is 11.2. The van der Waals surface area contributed by atoms with Gasteiger partial charge in [0.05, 0.1) is 19.8 Å². The van der Waals surface area contributed by atoms with Gasteiger partial charge in [-0.05, 0) is 68.8 Å². The molecular weight excluding hydrogens is 430 g/mol. The topological polar surface area (TPSA) is 71.1 Å². The van der Waals surface area contributed by atoms with Gasteiger partial charge in [0.1, 0.15) is 5.75 Å². The third-order valence-corrected chi connectivity index (χ3v) is 5.58. The number of amides is 2. The van der Waals surface area contributed by atoms with Crippen LogP contribution in [0.2, 0.25) is 5.02 Å². The first-order valence-corrected chi connectivity index (χ1v) is 11.2. The van der Waals surface area contributed by atoms with Crippen LogP contribution in [0.15, 0.2) is 42.5 Å². The first kappa shape index (κ1) is 23.9. The van der Waals surface area contributed by atoms with Gasteiger partial charge in [-0.3, -0.25) is 9.59 Å². The molecule has 3 rings (SSSR count). The zero-order chi connectivity index (χ0) is 23.1. The van der Waals surface area contributed by atoms with Gasteiger partial charge in [-0.15, -0.1) is 0 Å². The van der Waals surface area contributed by atoms with Crippen molar-refractivity contribution in [2.75, 3.05) is 49.6 Å². The van der Waals surface area contributed by atoms with Crippen molar-refractivity contribution in [1.29, 1.82) is 0 Å². The normalized spacial score (nSPS) is 14.6. The fraction of sp³-hybridized carbons (Fsp3) is 0.417. The lowest BCUT2D eigenvalue weighted by Gasteiger charge is -2.29. The molecule has 1 fully saturated rings. The minimum Gasteiger partial charge on any atom is -0.481 e. The highest BCUT2D eigenvalue weighted by molar-refractivity contribution is 6.30. The molecule has 0 radical (unpaired) electrons. The van der Waals surface area contributed by atoms with Crippen molar-refractivity contribution in [2.24, 2.45) is 0 Å². The maximum Gasteiger partial charge on any atom is 0.263 e. The SMILES string of the molecule is CCN(CC(=O)Nc1ccc(N2CCOCC2)cc1)C(=O)C(C)Oc1ccc(Cl)cc1C. The van der Waals surface area contributed by atoms with Crippen molar-refractivity contribution >= 4 is 34.8 Å². The van der Waals surface area contributed by atoms with Crippen LogP contribution in [0.5, 0.6) is 5.75 Å². The molecule has 0 aromatic heterocycles. The van der Waals surface area contributed by atoms with E-state index in [1.165, 1.54) is 4.90 Å². The number of carbonyl (C=O) groups excluding carboxylic acids is 2. The van der Waals surface area contributed by atoms with E-state index in [-0.39, 0.29) is 18.4 Å². The van der Waals surface area contributed by atoms with E-state index in [0.717, 1.165) is 37.6 Å². The number of anilines is 2. The maximum atomic E-state index is 12.8. The van der Waals surface area contributed by atoms with Gasteiger partial charge in [-0.1, -0.05) is 11.6 Å². The first-order chi connectivity index (χ1) is 15.4. The zero-order valence-electron chi connectivity index (χ0n) is 18.8. The molecule has 1 saturated heterocycles. The Bertz CT molecular complexity index is 929. The van der Waals surface area contributed by atoms with E-state index in [1.54, 1.807) is 25.1 Å². The van der Waals surface area contributed by atoms with Crippen LogP contribution in [0.4, 0.5) is 11.4 Å². The highest BCUT2D eigenvalue weighted by atomic mass is 35.5. The van der Waals surface area contributed by atoms with Gasteiger partial charge >= 0.3 is 0 Å². The molecule has 8 heteroatoms. The molecule has 0 bridgehead atoms. The summed E-state index contributed by atoms with van der Waals surface area (Å²) in [6.45, 7) is 8.89. The van der Waals surface area contributed by atoms with E-state index in [9.17, 15) is 9.59 Å². The van der Waals surface area contributed by atoms with Crippen molar-refractivity contribution < 1.29 is 19.1 Å². The molecular formula is C24H30ClN3O4. The van der Waals surface area contributed by atoms with Crippen LogP contribution in [0, 0.1) is 6.92 Å². The summed E-state index contributed by atoms with van der Waals surface area (Å²) in [6, 6.07) is 12.9. The number of morpholine rings is 1. The van der Waals surface area contributed by atoms with Crippen molar-refractivity contribution in [3.63, 3.8) is 0 Å². The molecule has 0 saturated carbocycles. The number of halogens is 1. The van der Waals surface area contributed by atoms with Gasteiger partial charge in [-0.25, -0.2) is 0 Å². The largest absolute Gasteiger partial charge is 0.481 e. The van der Waals surface area contributed by atoms with Gasteiger partial charge in [0.25, 0.3) is 5.91 Å². The molecule has 7 nitrogen and oxygen atoms in total. The minimum atomic E-state index is -0.726. The Morgan fingerprint density at radius 3 is 2.50 bits per heavy atom. The van der Waals surface area contributed by atoms with Crippen molar-refractivity contribution in [2.45, 2.75) is 26.9 Å². The van der Waals surface area contributed by atoms with Gasteiger partial charge in [0, 0.05) is 36.0 Å². The summed E-state index contributed by atoms with van der Waals surface area (Å²) in [5.74, 6) is 0.0879. The zero-order valence-corrected chi connectivity index (χ0v) is 19.5. The highest BCUT2D eigenvalue weighted by Crippen LogP contribution is 2.23. The van der Waals surface area contributed by atoms with Crippen LogP contribution in [-0.2, 0) is 14.3 Å². The molecule has 2 aromatic carbocycles. The minimum absolute atomic E-state index is 0.0478. The molecule has 2 amide bonds. The summed E-state index contributed by atoms with van der Waals surface area (Å²) in [5, 5.41) is 3.47. The van der Waals surface area contributed by atoms with E-state index in [1.807, 2.05) is 38.1 Å². The molecule has 1 N–H and O–H groups in total. The van der Waals surface area contributed by atoms with Crippen molar-refractivity contribution in [1.82, 2.24) is 4.90 Å². The summed E-state index contributed by atoms with van der Waals surface area (Å²) >= 11 is 5.98. The average Bonchev–Trinajstić information content (AvgIpc) is 2.80. The summed E-state index contributed by atoms with van der Waals surface area (Å²) in [4.78, 5) is 29.1. The molecule has 1 atom stereocenters. The first-order valence-electron chi connectivity index (χ1n) is 10.8. The number of nitrogens with zero attached hydrogens (tertiary/aromatic N) is 2. The fourth-order valence-corrected chi connectivity index (χ4v) is 3.77. The molecule has 1 aliphatic rings. The molecule has 0 aliphatic carbocycles. The van der Waals surface area contributed by atoms with E-state index in [0.29, 0.717) is 23.0 Å². The second-order valence-corrected chi connectivity index (χ2v) is 8.15. The van der Waals surface area contributed by atoms with E-state index in [4.69, 9.17) is 21.1 Å². The average molecular weight is 460 g/mol. The fourth-order valence-electron chi connectivity index (χ4n) is 3.54. The highest BCUT2D eigenvalue weighted by Gasteiger charge is 2.23. The van der Waals surface area contributed by atoms with Crippen molar-refractivity contribution in [3.05, 3.63) is 53.1 Å². The Morgan fingerprint density at radius 1 is 1.19 bits per heavy atom. The predicted molar refractivity (Wildman–Crippen MR) is 127 cm³/mol. The molecule has 172 valence electrons. The van der Waals surface area contributed by atoms with Crippen LogP contribution in [0.1, 0.15) is 19.4 Å². The van der Waals surface area contributed by atoms with Crippen LogP contribution >= 0.6 is 11.6 Å². The molecule has 0 spiro atoms. The van der Waals surface area contributed by atoms with Crippen LogP contribution in [0.25, 0.3) is 0 Å². The lowest BCUT2D eigenvalue weighted by molar-refractivity contribution is -0.140. The molecule has 2 aromatic rings. The number of ether oxygens (including phenoxy) is 2. The third kappa shape index (κ3) is 6.37. The number of rotatable bonds is 8. The Balaban J connectivity index is 1.54. The Kier molecular flexibility index (Phi) is 8.36. The van der Waals surface area contributed by atoms with Gasteiger partial charge < -0.3 is 24.6 Å². The quantitative estimate of drug-likeness (QED) is 0.651. The molecule has 32 heavy (non-hydrogen) atoms. The number of aryl methyl sites for hydroxylation is 1. The number of hydrogen-bond donors (Lipinski definition) is 1. The Labute approximate surface area is 194 Å². The van der Waals surface area contributed by atoms with Crippen LogP contribution in [-0.4, -0.2) is 62.2 Å². The van der Waals surface area contributed by atoms with Crippen LogP contribution < -0.4 is 15.0 Å². The monoisotopic (exact) mass is 459 g/mol. The number of carbonyl (C=O) groups is 2. The van der Waals surface area contributed by atoms with E-state index in [2.05, 4.69) is 10.2 Å². The van der Waals surface area contributed by atoms with Gasteiger partial charge in [0.15, 0.2) is 6.10 Å². The maximum absolute atomic E-state index is 12.8. The van der Waals surface area contributed by atoms with Crippen LogP contribution in [0.3, 0.4) is 0 Å². The Morgan fingerprint density at radius 2 is 1.88 bits per heavy atom. The molecule has 1 unspecified atom stereocenters. The Hall–Kier alpha value is -2.77. The van der Waals surface area contributed by atoms with E-state index >= 15 is 0 Å². The molecule has 1 aliphatic heterocycles.